The molecule has 4 heteroatoms. The molecule has 14 heavy (non-hydrogen) atoms. The quantitative estimate of drug-likeness (QED) is 0.835. The largest absolute Gasteiger partial charge is 0.481 e. The highest BCUT2D eigenvalue weighted by molar-refractivity contribution is 9.11. The molecule has 1 N–H and O–H groups in total. The van der Waals surface area contributed by atoms with Crippen molar-refractivity contribution in [2.75, 3.05) is 0 Å². The van der Waals surface area contributed by atoms with Gasteiger partial charge in [0.1, 0.15) is 0 Å². The lowest BCUT2D eigenvalue weighted by molar-refractivity contribution is -0.137. The van der Waals surface area contributed by atoms with E-state index in [1.54, 1.807) is 11.3 Å². The minimum absolute atomic E-state index is 0.283. The maximum absolute atomic E-state index is 10.3. The molecule has 0 radical (unpaired) electrons. The summed E-state index contributed by atoms with van der Waals surface area (Å²) in [5.41, 5.74) is 1.27. The van der Waals surface area contributed by atoms with E-state index >= 15 is 0 Å². The number of carbonyl (C=O) groups is 1. The third-order valence-electron chi connectivity index (χ3n) is 1.97. The van der Waals surface area contributed by atoms with Crippen LogP contribution in [0.15, 0.2) is 9.85 Å². The monoisotopic (exact) mass is 276 g/mol. The highest BCUT2D eigenvalue weighted by atomic mass is 79.9. The molecule has 78 valence electrons. The van der Waals surface area contributed by atoms with Crippen molar-refractivity contribution in [2.24, 2.45) is 0 Å². The Kier molecular flexibility index (Phi) is 4.62. The number of hydrogen-bond acceptors (Lipinski definition) is 2. The maximum Gasteiger partial charge on any atom is 0.303 e. The Bertz CT molecular complexity index is 300. The van der Waals surface area contributed by atoms with E-state index in [-0.39, 0.29) is 6.42 Å². The van der Waals surface area contributed by atoms with Crippen molar-refractivity contribution >= 4 is 33.2 Å². The third-order valence-corrected chi connectivity index (χ3v) is 4.17. The Morgan fingerprint density at radius 2 is 2.29 bits per heavy atom. The van der Waals surface area contributed by atoms with E-state index in [1.165, 1.54) is 14.2 Å². The molecular formula is C10H13BrO2S. The van der Waals surface area contributed by atoms with Gasteiger partial charge in [0, 0.05) is 11.3 Å². The van der Waals surface area contributed by atoms with Gasteiger partial charge in [-0.3, -0.25) is 4.79 Å². The highest BCUT2D eigenvalue weighted by Gasteiger charge is 2.03. The first-order valence-corrected chi connectivity index (χ1v) is 6.17. The summed E-state index contributed by atoms with van der Waals surface area (Å²) in [4.78, 5) is 11.6. The van der Waals surface area contributed by atoms with Gasteiger partial charge in [0.25, 0.3) is 0 Å². The molecule has 0 aliphatic heterocycles. The Morgan fingerprint density at radius 3 is 2.79 bits per heavy atom. The normalized spacial score (nSPS) is 10.4. The van der Waals surface area contributed by atoms with Crippen LogP contribution in [0, 0.1) is 6.92 Å². The van der Waals surface area contributed by atoms with Gasteiger partial charge in [0.05, 0.1) is 3.79 Å². The molecule has 0 amide bonds. The summed E-state index contributed by atoms with van der Waals surface area (Å²) in [7, 11) is 0. The van der Waals surface area contributed by atoms with E-state index in [1.807, 2.05) is 0 Å². The molecule has 0 aliphatic rings. The molecule has 0 fully saturated rings. The molecule has 0 atom stereocenters. The highest BCUT2D eigenvalue weighted by Crippen LogP contribution is 2.28. The first-order valence-electron chi connectivity index (χ1n) is 4.56. The van der Waals surface area contributed by atoms with Gasteiger partial charge in [0.15, 0.2) is 0 Å². The zero-order valence-electron chi connectivity index (χ0n) is 8.05. The van der Waals surface area contributed by atoms with Gasteiger partial charge in [-0.05, 0) is 53.7 Å². The van der Waals surface area contributed by atoms with Crippen LogP contribution in [0.2, 0.25) is 0 Å². The molecule has 0 saturated carbocycles. The smallest absolute Gasteiger partial charge is 0.303 e. The van der Waals surface area contributed by atoms with Crippen molar-refractivity contribution in [3.05, 3.63) is 20.3 Å². The average Bonchev–Trinajstić information content (AvgIpc) is 2.40. The number of rotatable bonds is 5. The van der Waals surface area contributed by atoms with Crippen LogP contribution in [0.1, 0.15) is 29.7 Å². The number of aryl methyl sites for hydroxylation is 2. The van der Waals surface area contributed by atoms with Crippen molar-refractivity contribution in [3.63, 3.8) is 0 Å². The fourth-order valence-electron chi connectivity index (χ4n) is 1.22. The summed E-state index contributed by atoms with van der Waals surface area (Å²) in [6.45, 7) is 2.07. The number of halogens is 1. The molecule has 0 bridgehead atoms. The van der Waals surface area contributed by atoms with Gasteiger partial charge >= 0.3 is 5.97 Å². The van der Waals surface area contributed by atoms with E-state index in [0.29, 0.717) is 0 Å². The molecule has 0 saturated heterocycles. The minimum Gasteiger partial charge on any atom is -0.481 e. The van der Waals surface area contributed by atoms with Gasteiger partial charge in [-0.1, -0.05) is 0 Å². The van der Waals surface area contributed by atoms with E-state index in [4.69, 9.17) is 5.11 Å². The van der Waals surface area contributed by atoms with Gasteiger partial charge in [-0.2, -0.15) is 0 Å². The predicted molar refractivity (Wildman–Crippen MR) is 61.9 cm³/mol. The molecule has 0 aliphatic carbocycles. The van der Waals surface area contributed by atoms with Crippen molar-refractivity contribution < 1.29 is 9.90 Å². The summed E-state index contributed by atoms with van der Waals surface area (Å²) in [6.07, 6.45) is 3.00. The maximum atomic E-state index is 10.3. The molecule has 1 aromatic rings. The van der Waals surface area contributed by atoms with E-state index < -0.39 is 5.97 Å². The van der Waals surface area contributed by atoms with Gasteiger partial charge < -0.3 is 5.11 Å². The molecule has 2 nitrogen and oxygen atoms in total. The van der Waals surface area contributed by atoms with Crippen LogP contribution in [0.4, 0.5) is 0 Å². The second-order valence-electron chi connectivity index (χ2n) is 3.27. The Labute approximate surface area is 96.1 Å². The zero-order valence-corrected chi connectivity index (χ0v) is 10.4. The van der Waals surface area contributed by atoms with Crippen molar-refractivity contribution in [2.45, 2.75) is 32.6 Å². The van der Waals surface area contributed by atoms with Crippen molar-refractivity contribution in [1.82, 2.24) is 0 Å². The van der Waals surface area contributed by atoms with Gasteiger partial charge in [-0.15, -0.1) is 11.3 Å². The van der Waals surface area contributed by atoms with Crippen LogP contribution in [0.3, 0.4) is 0 Å². The first kappa shape index (κ1) is 11.7. The summed E-state index contributed by atoms with van der Waals surface area (Å²) < 4.78 is 1.19. The Morgan fingerprint density at radius 1 is 1.57 bits per heavy atom. The molecular weight excluding hydrogens is 264 g/mol. The third kappa shape index (κ3) is 3.80. The summed E-state index contributed by atoms with van der Waals surface area (Å²) in [6, 6.07) is 2.16. The minimum atomic E-state index is -0.700. The van der Waals surface area contributed by atoms with Gasteiger partial charge in [-0.25, -0.2) is 0 Å². The van der Waals surface area contributed by atoms with Crippen LogP contribution in [0.25, 0.3) is 0 Å². The predicted octanol–water partition coefficient (Wildman–Crippen LogP) is 3.62. The molecule has 1 aromatic heterocycles. The van der Waals surface area contributed by atoms with Crippen LogP contribution >= 0.6 is 27.3 Å². The van der Waals surface area contributed by atoms with Crippen LogP contribution in [-0.2, 0) is 11.2 Å². The average molecular weight is 277 g/mol. The zero-order chi connectivity index (χ0) is 10.6. The number of carboxylic acids is 1. The number of unbranched alkanes of at least 4 members (excludes halogenated alkanes) is 1. The SMILES string of the molecule is Cc1cc(CCCCC(=O)O)sc1Br. The molecule has 0 unspecified atom stereocenters. The number of thiophene rings is 1. The lowest BCUT2D eigenvalue weighted by atomic mass is 10.1. The second-order valence-corrected chi connectivity index (χ2v) is 5.72. The topological polar surface area (TPSA) is 37.3 Å². The fourth-order valence-corrected chi connectivity index (χ4v) is 2.89. The van der Waals surface area contributed by atoms with Crippen LogP contribution in [-0.4, -0.2) is 11.1 Å². The van der Waals surface area contributed by atoms with Crippen molar-refractivity contribution in [1.29, 1.82) is 0 Å². The standard InChI is InChI=1S/C10H13BrO2S/c1-7-6-8(14-10(7)11)4-2-3-5-9(12)13/h6H,2-5H2,1H3,(H,12,13). The Hall–Kier alpha value is -0.350. The molecule has 1 heterocycles. The van der Waals surface area contributed by atoms with Crippen LogP contribution in [0.5, 0.6) is 0 Å². The summed E-state index contributed by atoms with van der Waals surface area (Å²) in [5.74, 6) is -0.700. The van der Waals surface area contributed by atoms with Gasteiger partial charge in [0.2, 0.25) is 0 Å². The molecule has 0 spiro atoms. The van der Waals surface area contributed by atoms with E-state index in [9.17, 15) is 4.79 Å². The lowest BCUT2D eigenvalue weighted by Crippen LogP contribution is -1.94. The van der Waals surface area contributed by atoms with Crippen molar-refractivity contribution in [3.8, 4) is 0 Å². The fraction of sp³-hybridized carbons (Fsp3) is 0.500. The number of carboxylic acid groups (broad SMARTS) is 1. The Balaban J connectivity index is 2.28. The summed E-state index contributed by atoms with van der Waals surface area (Å²) >= 11 is 5.22. The number of hydrogen-bond donors (Lipinski definition) is 1. The first-order chi connectivity index (χ1) is 6.59. The second kappa shape index (κ2) is 5.51. The number of aliphatic carboxylic acids is 1. The van der Waals surface area contributed by atoms with E-state index in [0.717, 1.165) is 19.3 Å². The molecule has 0 aromatic carbocycles. The lowest BCUT2D eigenvalue weighted by Gasteiger charge is -1.95. The molecule has 1 rings (SSSR count). The summed E-state index contributed by atoms with van der Waals surface area (Å²) in [5, 5.41) is 8.45. The van der Waals surface area contributed by atoms with Crippen LogP contribution < -0.4 is 0 Å². The van der Waals surface area contributed by atoms with E-state index in [2.05, 4.69) is 28.9 Å².